The summed E-state index contributed by atoms with van der Waals surface area (Å²) in [5, 5.41) is 6.56. The van der Waals surface area contributed by atoms with E-state index in [2.05, 4.69) is 20.3 Å². The van der Waals surface area contributed by atoms with Crippen LogP contribution in [0.3, 0.4) is 0 Å². The van der Waals surface area contributed by atoms with Crippen LogP contribution in [0.4, 0.5) is 0 Å². The first kappa shape index (κ1) is 16.0. The van der Waals surface area contributed by atoms with Crippen LogP contribution in [0.5, 0.6) is 0 Å². The maximum absolute atomic E-state index is 11.9. The molecule has 0 aliphatic heterocycles. The van der Waals surface area contributed by atoms with Gasteiger partial charge in [-0.15, -0.1) is 0 Å². The van der Waals surface area contributed by atoms with Crippen molar-refractivity contribution in [2.75, 3.05) is 20.2 Å². The highest BCUT2D eigenvalue weighted by atomic mass is 16.5. The second-order valence-electron chi connectivity index (χ2n) is 4.54. The first-order valence-corrected chi connectivity index (χ1v) is 6.45. The van der Waals surface area contributed by atoms with Crippen LogP contribution in [0.25, 0.3) is 10.4 Å². The number of azide groups is 1. The van der Waals surface area contributed by atoms with Crippen molar-refractivity contribution in [3.63, 3.8) is 0 Å². The Labute approximate surface area is 117 Å². The molecule has 0 saturated heterocycles. The van der Waals surface area contributed by atoms with Crippen molar-refractivity contribution < 1.29 is 9.53 Å². The maximum atomic E-state index is 11.9. The number of nitrogens with zero attached hydrogens (tertiary/aromatic N) is 5. The molecule has 110 valence electrons. The van der Waals surface area contributed by atoms with Gasteiger partial charge in [-0.25, -0.2) is 9.78 Å². The molecule has 1 aromatic rings. The average molecular weight is 280 g/mol. The quantitative estimate of drug-likeness (QED) is 0.258. The summed E-state index contributed by atoms with van der Waals surface area (Å²) in [6.45, 7) is 4.96. The van der Waals surface area contributed by atoms with Crippen LogP contribution >= 0.6 is 0 Å². The Kier molecular flexibility index (Phi) is 6.55. The Balaban J connectivity index is 2.76. The number of aromatic nitrogens is 2. The molecule has 0 amide bonds. The molecule has 0 aromatic carbocycles. The van der Waals surface area contributed by atoms with Gasteiger partial charge in [-0.2, -0.15) is 0 Å². The highest BCUT2D eigenvalue weighted by Crippen LogP contribution is 2.18. The Morgan fingerprint density at radius 3 is 3.00 bits per heavy atom. The molecular weight excluding hydrogens is 260 g/mol. The summed E-state index contributed by atoms with van der Waals surface area (Å²) < 4.78 is 6.74. The Morgan fingerprint density at radius 1 is 1.65 bits per heavy atom. The molecule has 20 heavy (non-hydrogen) atoms. The minimum atomic E-state index is -0.573. The smallest absolute Gasteiger partial charge is 0.329 e. The molecule has 8 heteroatoms. The van der Waals surface area contributed by atoms with Crippen LogP contribution < -0.4 is 5.32 Å². The zero-order valence-electron chi connectivity index (χ0n) is 12.0. The van der Waals surface area contributed by atoms with E-state index in [-0.39, 0.29) is 12.0 Å². The van der Waals surface area contributed by atoms with E-state index in [0.29, 0.717) is 19.5 Å². The predicted octanol–water partition coefficient (Wildman–Crippen LogP) is 1.97. The molecule has 8 nitrogen and oxygen atoms in total. The van der Waals surface area contributed by atoms with Crippen molar-refractivity contribution in [1.82, 2.24) is 14.9 Å². The van der Waals surface area contributed by atoms with Crippen molar-refractivity contribution in [3.05, 3.63) is 28.7 Å². The molecule has 1 heterocycles. The van der Waals surface area contributed by atoms with Gasteiger partial charge in [-0.3, -0.25) is 5.32 Å². The number of methoxy groups -OCH3 is 1. The summed E-state index contributed by atoms with van der Waals surface area (Å²) >= 11 is 0. The van der Waals surface area contributed by atoms with Crippen molar-refractivity contribution in [3.8, 4) is 0 Å². The van der Waals surface area contributed by atoms with Crippen molar-refractivity contribution in [2.24, 2.45) is 5.11 Å². The van der Waals surface area contributed by atoms with Gasteiger partial charge in [0.15, 0.2) is 0 Å². The topological polar surface area (TPSA) is 105 Å². The van der Waals surface area contributed by atoms with Crippen LogP contribution in [0, 0.1) is 0 Å². The zero-order chi connectivity index (χ0) is 15.0. The fourth-order valence-electron chi connectivity index (χ4n) is 1.84. The van der Waals surface area contributed by atoms with Gasteiger partial charge in [0, 0.05) is 17.5 Å². The fourth-order valence-corrected chi connectivity index (χ4v) is 1.84. The minimum absolute atomic E-state index is 0.199. The molecule has 1 N–H and O–H groups in total. The van der Waals surface area contributed by atoms with Gasteiger partial charge in [0.1, 0.15) is 6.04 Å². The van der Waals surface area contributed by atoms with Gasteiger partial charge >= 0.3 is 5.97 Å². The molecule has 1 atom stereocenters. The van der Waals surface area contributed by atoms with E-state index in [1.807, 2.05) is 18.4 Å². The number of nitrogens with one attached hydrogen (secondary N) is 1. The third kappa shape index (κ3) is 4.25. The van der Waals surface area contributed by atoms with Crippen molar-refractivity contribution >= 4 is 5.97 Å². The van der Waals surface area contributed by atoms with Crippen molar-refractivity contribution in [2.45, 2.75) is 32.4 Å². The number of hydrogen-bond acceptors (Lipinski definition) is 5. The number of ether oxygens (including phenoxy) is 1. The number of esters is 1. The third-order valence-corrected chi connectivity index (χ3v) is 2.83. The SMILES string of the molecule is COC(=O)C(NCCCN=[N+]=[N-])c1cncn1C(C)C. The van der Waals surface area contributed by atoms with Gasteiger partial charge in [0.2, 0.25) is 0 Å². The monoisotopic (exact) mass is 280 g/mol. The van der Waals surface area contributed by atoms with Crippen molar-refractivity contribution in [1.29, 1.82) is 0 Å². The Bertz CT molecular complexity index is 478. The molecule has 0 saturated carbocycles. The Hall–Kier alpha value is -2.05. The van der Waals surface area contributed by atoms with Crippen LogP contribution in [0.2, 0.25) is 0 Å². The van der Waals surface area contributed by atoms with E-state index in [0.717, 1.165) is 5.69 Å². The third-order valence-electron chi connectivity index (χ3n) is 2.83. The van der Waals surface area contributed by atoms with Gasteiger partial charge in [0.05, 0.1) is 25.3 Å². The van der Waals surface area contributed by atoms with Gasteiger partial charge in [0.25, 0.3) is 0 Å². The number of rotatable bonds is 8. The first-order valence-electron chi connectivity index (χ1n) is 6.45. The highest BCUT2D eigenvalue weighted by molar-refractivity contribution is 5.76. The van der Waals surface area contributed by atoms with Crippen LogP contribution in [0.15, 0.2) is 17.6 Å². The molecule has 0 bridgehead atoms. The molecule has 0 radical (unpaired) electrons. The summed E-state index contributed by atoms with van der Waals surface area (Å²) in [6.07, 6.45) is 3.99. The summed E-state index contributed by atoms with van der Waals surface area (Å²) in [4.78, 5) is 18.7. The molecule has 0 fully saturated rings. The van der Waals surface area contributed by atoms with E-state index in [1.165, 1.54) is 7.11 Å². The van der Waals surface area contributed by atoms with Crippen LogP contribution in [-0.4, -0.2) is 35.7 Å². The van der Waals surface area contributed by atoms with E-state index in [1.54, 1.807) is 12.5 Å². The van der Waals surface area contributed by atoms with E-state index in [9.17, 15) is 4.79 Å². The normalized spacial score (nSPS) is 12.0. The lowest BCUT2D eigenvalue weighted by Crippen LogP contribution is -2.32. The largest absolute Gasteiger partial charge is 0.468 e. The van der Waals surface area contributed by atoms with Gasteiger partial charge < -0.3 is 9.30 Å². The summed E-state index contributed by atoms with van der Waals surface area (Å²) in [5.41, 5.74) is 8.96. The maximum Gasteiger partial charge on any atom is 0.329 e. The van der Waals surface area contributed by atoms with E-state index >= 15 is 0 Å². The summed E-state index contributed by atoms with van der Waals surface area (Å²) in [6, 6.07) is -0.374. The summed E-state index contributed by atoms with van der Waals surface area (Å²) in [5.74, 6) is -0.365. The molecular formula is C12H20N6O2. The van der Waals surface area contributed by atoms with Gasteiger partial charge in [-0.1, -0.05) is 5.11 Å². The number of carbonyl (C=O) groups excluding carboxylic acids is 1. The summed E-state index contributed by atoms with van der Waals surface area (Å²) in [7, 11) is 1.35. The number of carbonyl (C=O) groups is 1. The molecule has 1 unspecified atom stereocenters. The lowest BCUT2D eigenvalue weighted by Gasteiger charge is -2.20. The predicted molar refractivity (Wildman–Crippen MR) is 74.0 cm³/mol. The Morgan fingerprint density at radius 2 is 2.40 bits per heavy atom. The molecule has 1 rings (SSSR count). The number of hydrogen-bond donors (Lipinski definition) is 1. The highest BCUT2D eigenvalue weighted by Gasteiger charge is 2.24. The standard InChI is InChI=1S/C12H20N6O2/c1-9(2)18-8-14-7-10(18)11(12(19)20-3)15-5-4-6-16-17-13/h7-9,11,15H,4-6H2,1-3H3. The lowest BCUT2D eigenvalue weighted by molar-refractivity contribution is -0.143. The average Bonchev–Trinajstić information content (AvgIpc) is 2.91. The second-order valence-corrected chi connectivity index (χ2v) is 4.54. The van der Waals surface area contributed by atoms with Gasteiger partial charge in [-0.05, 0) is 32.3 Å². The van der Waals surface area contributed by atoms with Crippen LogP contribution in [-0.2, 0) is 9.53 Å². The fraction of sp³-hybridized carbons (Fsp3) is 0.667. The molecule has 0 spiro atoms. The zero-order valence-corrected chi connectivity index (χ0v) is 12.0. The minimum Gasteiger partial charge on any atom is -0.468 e. The molecule has 0 aliphatic carbocycles. The number of imidazole rings is 1. The molecule has 0 aliphatic rings. The van der Waals surface area contributed by atoms with E-state index < -0.39 is 6.04 Å². The second kappa shape index (κ2) is 8.19. The lowest BCUT2D eigenvalue weighted by atomic mass is 10.2. The van der Waals surface area contributed by atoms with Crippen LogP contribution in [0.1, 0.15) is 38.0 Å². The molecule has 1 aromatic heterocycles. The first-order chi connectivity index (χ1) is 9.61. The van der Waals surface area contributed by atoms with E-state index in [4.69, 9.17) is 10.3 Å².